The van der Waals surface area contributed by atoms with Crippen molar-refractivity contribution in [2.24, 2.45) is 0 Å². The third kappa shape index (κ3) is 3.72. The molecule has 0 radical (unpaired) electrons. The molecule has 130 valence electrons. The Morgan fingerprint density at radius 2 is 1.80 bits per heavy atom. The Bertz CT molecular complexity index is 780. The first-order chi connectivity index (χ1) is 12.3. The van der Waals surface area contributed by atoms with E-state index in [2.05, 4.69) is 64.5 Å². The minimum atomic E-state index is 0.671. The maximum atomic E-state index is 5.23. The number of para-hydroxylation sites is 1. The molecule has 0 aliphatic carbocycles. The summed E-state index contributed by atoms with van der Waals surface area (Å²) >= 11 is 0. The van der Waals surface area contributed by atoms with Gasteiger partial charge in [-0.2, -0.15) is 0 Å². The summed E-state index contributed by atoms with van der Waals surface area (Å²) < 4.78 is 5.23. The van der Waals surface area contributed by atoms with Crippen molar-refractivity contribution in [1.29, 1.82) is 0 Å². The lowest BCUT2D eigenvalue weighted by Gasteiger charge is -2.31. The second-order valence-electron chi connectivity index (χ2n) is 7.03. The lowest BCUT2D eigenvalue weighted by molar-refractivity contribution is 0.213. The number of H-pyrrole nitrogens is 1. The monoisotopic (exact) mass is 334 g/mol. The molecule has 1 aliphatic rings. The fourth-order valence-electron chi connectivity index (χ4n) is 3.86. The number of aromatic nitrogens is 1. The van der Waals surface area contributed by atoms with Crippen molar-refractivity contribution in [3.05, 3.63) is 65.9 Å². The summed E-state index contributed by atoms with van der Waals surface area (Å²) in [4.78, 5) is 6.22. The smallest absolute Gasteiger partial charge is 0.118 e. The van der Waals surface area contributed by atoms with Gasteiger partial charge < -0.3 is 14.6 Å². The van der Waals surface area contributed by atoms with E-state index in [1.54, 1.807) is 7.11 Å². The van der Waals surface area contributed by atoms with Gasteiger partial charge in [0.15, 0.2) is 0 Å². The zero-order chi connectivity index (χ0) is 17.1. The summed E-state index contributed by atoms with van der Waals surface area (Å²) in [6.07, 6.45) is 3.60. The van der Waals surface area contributed by atoms with Crippen molar-refractivity contribution < 1.29 is 4.74 Å². The summed E-state index contributed by atoms with van der Waals surface area (Å²) in [6.45, 7) is 3.53. The number of hydrogen-bond donors (Lipinski definition) is 1. The third-order valence-electron chi connectivity index (χ3n) is 5.45. The molecule has 4 rings (SSSR count). The number of nitrogens with zero attached hydrogens (tertiary/aromatic N) is 1. The fraction of sp³-hybridized carbons (Fsp3) is 0.364. The second kappa shape index (κ2) is 7.32. The van der Waals surface area contributed by atoms with Gasteiger partial charge in [-0.15, -0.1) is 0 Å². The van der Waals surface area contributed by atoms with E-state index < -0.39 is 0 Å². The maximum absolute atomic E-state index is 5.23. The average Bonchev–Trinajstić information content (AvgIpc) is 3.11. The van der Waals surface area contributed by atoms with Crippen LogP contribution in [0, 0.1) is 0 Å². The molecule has 0 unspecified atom stereocenters. The molecule has 3 nitrogen and oxygen atoms in total. The van der Waals surface area contributed by atoms with Gasteiger partial charge in [-0.3, -0.25) is 0 Å². The molecule has 1 aromatic heterocycles. The number of fused-ring (bicyclic) bond motifs is 1. The minimum Gasteiger partial charge on any atom is -0.497 e. The van der Waals surface area contributed by atoms with Gasteiger partial charge in [-0.05, 0) is 67.6 Å². The molecule has 2 aromatic carbocycles. The molecule has 3 aromatic rings. The molecule has 3 heteroatoms. The average molecular weight is 334 g/mol. The molecule has 0 saturated carbocycles. The van der Waals surface area contributed by atoms with Crippen molar-refractivity contribution in [1.82, 2.24) is 9.88 Å². The molecule has 1 fully saturated rings. The van der Waals surface area contributed by atoms with Crippen LogP contribution >= 0.6 is 0 Å². The van der Waals surface area contributed by atoms with Gasteiger partial charge in [-0.25, -0.2) is 0 Å². The number of aromatic amines is 1. The van der Waals surface area contributed by atoms with E-state index >= 15 is 0 Å². The van der Waals surface area contributed by atoms with E-state index in [0.717, 1.165) is 18.7 Å². The zero-order valence-electron chi connectivity index (χ0n) is 14.9. The topological polar surface area (TPSA) is 28.3 Å². The first kappa shape index (κ1) is 16.2. The molecule has 2 heterocycles. The van der Waals surface area contributed by atoms with Gasteiger partial charge in [0, 0.05) is 23.7 Å². The highest BCUT2D eigenvalue weighted by atomic mass is 16.5. The lowest BCUT2D eigenvalue weighted by Crippen LogP contribution is -2.34. The summed E-state index contributed by atoms with van der Waals surface area (Å²) in [5.41, 5.74) is 4.06. The summed E-state index contributed by atoms with van der Waals surface area (Å²) in [7, 11) is 1.71. The maximum Gasteiger partial charge on any atom is 0.118 e. The van der Waals surface area contributed by atoms with Crippen LogP contribution in [0.3, 0.4) is 0 Å². The van der Waals surface area contributed by atoms with Gasteiger partial charge in [0.2, 0.25) is 0 Å². The summed E-state index contributed by atoms with van der Waals surface area (Å²) in [5.74, 6) is 1.60. The van der Waals surface area contributed by atoms with Crippen LogP contribution < -0.4 is 4.74 Å². The number of methoxy groups -OCH3 is 1. The predicted molar refractivity (Wildman–Crippen MR) is 103 cm³/mol. The number of benzene rings is 2. The van der Waals surface area contributed by atoms with Crippen LogP contribution in [-0.4, -0.2) is 36.6 Å². The zero-order valence-corrected chi connectivity index (χ0v) is 14.9. The molecule has 25 heavy (non-hydrogen) atoms. The van der Waals surface area contributed by atoms with Gasteiger partial charge in [0.1, 0.15) is 5.75 Å². The van der Waals surface area contributed by atoms with Crippen LogP contribution in [0.1, 0.15) is 30.0 Å². The Morgan fingerprint density at radius 3 is 2.52 bits per heavy atom. The molecule has 1 saturated heterocycles. The van der Waals surface area contributed by atoms with Crippen LogP contribution in [0.5, 0.6) is 5.75 Å². The molecular formula is C22H26N2O. The van der Waals surface area contributed by atoms with E-state index in [1.165, 1.54) is 48.1 Å². The molecule has 0 atom stereocenters. The van der Waals surface area contributed by atoms with Gasteiger partial charge >= 0.3 is 0 Å². The van der Waals surface area contributed by atoms with Crippen LogP contribution in [0.4, 0.5) is 0 Å². The van der Waals surface area contributed by atoms with Gasteiger partial charge in [0.05, 0.1) is 7.11 Å². The molecule has 0 amide bonds. The first-order valence-corrected chi connectivity index (χ1v) is 9.25. The number of likely N-dealkylation sites (tertiary alicyclic amines) is 1. The Hall–Kier alpha value is -2.26. The molecule has 0 bridgehead atoms. The van der Waals surface area contributed by atoms with Crippen molar-refractivity contribution in [2.45, 2.75) is 25.2 Å². The number of rotatable bonds is 5. The van der Waals surface area contributed by atoms with Crippen molar-refractivity contribution in [3.8, 4) is 5.75 Å². The van der Waals surface area contributed by atoms with E-state index in [1.807, 2.05) is 0 Å². The van der Waals surface area contributed by atoms with E-state index in [0.29, 0.717) is 5.92 Å². The van der Waals surface area contributed by atoms with Crippen LogP contribution in [0.2, 0.25) is 0 Å². The molecular weight excluding hydrogens is 308 g/mol. The number of piperidine rings is 1. The first-order valence-electron chi connectivity index (χ1n) is 9.25. The highest BCUT2D eigenvalue weighted by molar-refractivity contribution is 5.80. The highest BCUT2D eigenvalue weighted by Crippen LogP contribution is 2.29. The summed E-state index contributed by atoms with van der Waals surface area (Å²) in [5, 5.41) is 1.33. The van der Waals surface area contributed by atoms with Crippen molar-refractivity contribution in [2.75, 3.05) is 26.7 Å². The normalized spacial score (nSPS) is 16.4. The fourth-order valence-corrected chi connectivity index (χ4v) is 3.86. The number of hydrogen-bond acceptors (Lipinski definition) is 2. The van der Waals surface area contributed by atoms with Crippen LogP contribution in [0.15, 0.2) is 54.6 Å². The predicted octanol–water partition coefficient (Wildman–Crippen LogP) is 4.60. The second-order valence-corrected chi connectivity index (χ2v) is 7.03. The largest absolute Gasteiger partial charge is 0.497 e. The Morgan fingerprint density at radius 1 is 1.04 bits per heavy atom. The molecule has 1 aliphatic heterocycles. The van der Waals surface area contributed by atoms with E-state index in [9.17, 15) is 0 Å². The van der Waals surface area contributed by atoms with Crippen molar-refractivity contribution in [3.63, 3.8) is 0 Å². The van der Waals surface area contributed by atoms with E-state index in [-0.39, 0.29) is 0 Å². The van der Waals surface area contributed by atoms with Gasteiger partial charge in [-0.1, -0.05) is 30.3 Å². The number of nitrogens with one attached hydrogen (secondary N) is 1. The Kier molecular flexibility index (Phi) is 4.75. The quantitative estimate of drug-likeness (QED) is 0.739. The molecule has 0 spiro atoms. The highest BCUT2D eigenvalue weighted by Gasteiger charge is 2.21. The van der Waals surface area contributed by atoms with E-state index in [4.69, 9.17) is 4.74 Å². The molecule has 1 N–H and O–H groups in total. The summed E-state index contributed by atoms with van der Waals surface area (Å²) in [6, 6.07) is 19.4. The standard InChI is InChI=1S/C22H26N2O/c1-25-20-8-6-17(7-9-20)10-13-24-14-11-18(12-15-24)22-16-19-4-2-3-5-21(19)23-22/h2-9,16,18,23H,10-15H2,1H3. The minimum absolute atomic E-state index is 0.671. The van der Waals surface area contributed by atoms with Crippen LogP contribution in [-0.2, 0) is 6.42 Å². The van der Waals surface area contributed by atoms with Gasteiger partial charge in [0.25, 0.3) is 0 Å². The third-order valence-corrected chi connectivity index (χ3v) is 5.45. The van der Waals surface area contributed by atoms with Crippen molar-refractivity contribution >= 4 is 10.9 Å². The SMILES string of the molecule is COc1ccc(CCN2CCC(c3cc4ccccc4[nH]3)CC2)cc1. The van der Waals surface area contributed by atoms with Crippen LogP contribution in [0.25, 0.3) is 10.9 Å². The lowest BCUT2D eigenvalue weighted by atomic mass is 9.93. The Labute approximate surface area is 149 Å². The number of ether oxygens (including phenoxy) is 1. The Balaban J connectivity index is 1.30.